The molecule has 7 nitrogen and oxygen atoms in total. The number of carboxylic acid groups (broad SMARTS) is 1. The van der Waals surface area contributed by atoms with Crippen molar-refractivity contribution < 1.29 is 14.6 Å². The quantitative estimate of drug-likeness (QED) is 0.356. The smallest absolute Gasteiger partial charge is 0.306 e. The van der Waals surface area contributed by atoms with Gasteiger partial charge in [0, 0.05) is 0 Å². The molecule has 2 rings (SSSR count). The van der Waals surface area contributed by atoms with E-state index in [1.807, 2.05) is 49.4 Å². The normalized spacial score (nSPS) is 12.6. The van der Waals surface area contributed by atoms with Crippen molar-refractivity contribution in [2.45, 2.75) is 32.5 Å². The monoisotopic (exact) mass is 368 g/mol. The number of ether oxygens (including phenoxy) is 1. The van der Waals surface area contributed by atoms with E-state index in [0.717, 1.165) is 27.8 Å². The van der Waals surface area contributed by atoms with Gasteiger partial charge in [-0.25, -0.2) is 0 Å². The molecule has 2 aromatic rings. The zero-order chi connectivity index (χ0) is 19.6. The van der Waals surface area contributed by atoms with Crippen LogP contribution in [0.5, 0.6) is 0 Å². The van der Waals surface area contributed by atoms with E-state index in [1.165, 1.54) is 0 Å². The van der Waals surface area contributed by atoms with Crippen LogP contribution in [-0.2, 0) is 22.6 Å². The minimum Gasteiger partial charge on any atom is -0.481 e. The van der Waals surface area contributed by atoms with Gasteiger partial charge >= 0.3 is 5.97 Å². The molecular formula is C20H24N4O3. The molecule has 2 aromatic carbocycles. The molecule has 0 heterocycles. The highest BCUT2D eigenvalue weighted by atomic mass is 16.5. The number of carboxylic acids is 1. The SMILES string of the molecule is CCc1c(C=NN)cccc1C(CC(=O)O)OCc1ccc(C=NN)cc1. The standard InChI is InChI=1S/C20H24N4O3/c1-2-17-16(12-24-22)4-3-5-18(17)19(10-20(25)26)27-13-15-8-6-14(7-9-15)11-23-21/h3-9,11-12,19H,2,10,13,21-22H2,1H3,(H,25,26). The van der Waals surface area contributed by atoms with Gasteiger partial charge < -0.3 is 21.5 Å². The Hall–Kier alpha value is -3.19. The van der Waals surface area contributed by atoms with E-state index in [0.29, 0.717) is 6.42 Å². The van der Waals surface area contributed by atoms with Crippen molar-refractivity contribution in [2.75, 3.05) is 0 Å². The number of hydrogen-bond acceptors (Lipinski definition) is 6. The molecule has 0 radical (unpaired) electrons. The second kappa shape index (κ2) is 10.1. The predicted octanol–water partition coefficient (Wildman–Crippen LogP) is 2.57. The Morgan fingerprint density at radius 2 is 1.85 bits per heavy atom. The average Bonchev–Trinajstić information content (AvgIpc) is 2.66. The summed E-state index contributed by atoms with van der Waals surface area (Å²) in [5, 5.41) is 16.4. The van der Waals surface area contributed by atoms with Gasteiger partial charge in [-0.15, -0.1) is 0 Å². The van der Waals surface area contributed by atoms with E-state index >= 15 is 0 Å². The molecule has 5 N–H and O–H groups in total. The lowest BCUT2D eigenvalue weighted by Crippen LogP contribution is -2.13. The zero-order valence-corrected chi connectivity index (χ0v) is 15.2. The van der Waals surface area contributed by atoms with Crippen molar-refractivity contribution in [3.63, 3.8) is 0 Å². The number of rotatable bonds is 9. The summed E-state index contributed by atoms with van der Waals surface area (Å²) in [6, 6.07) is 13.2. The Labute approximate surface area is 158 Å². The fraction of sp³-hybridized carbons (Fsp3) is 0.250. The lowest BCUT2D eigenvalue weighted by atomic mass is 9.94. The molecule has 142 valence electrons. The van der Waals surface area contributed by atoms with Crippen LogP contribution >= 0.6 is 0 Å². The molecule has 0 aliphatic carbocycles. The molecular weight excluding hydrogens is 344 g/mol. The van der Waals surface area contributed by atoms with Gasteiger partial charge in [0.15, 0.2) is 0 Å². The van der Waals surface area contributed by atoms with Crippen molar-refractivity contribution in [1.82, 2.24) is 0 Å². The molecule has 1 atom stereocenters. The first-order chi connectivity index (χ1) is 13.1. The maximum absolute atomic E-state index is 11.4. The molecule has 0 saturated carbocycles. The van der Waals surface area contributed by atoms with Crippen LogP contribution in [0.4, 0.5) is 0 Å². The van der Waals surface area contributed by atoms with E-state index in [-0.39, 0.29) is 13.0 Å². The predicted molar refractivity (Wildman–Crippen MR) is 106 cm³/mol. The summed E-state index contributed by atoms with van der Waals surface area (Å²) < 4.78 is 5.99. The zero-order valence-electron chi connectivity index (χ0n) is 15.2. The number of nitrogens with two attached hydrogens (primary N) is 2. The number of nitrogens with zero attached hydrogens (tertiary/aromatic N) is 2. The van der Waals surface area contributed by atoms with Gasteiger partial charge in [-0.2, -0.15) is 10.2 Å². The summed E-state index contributed by atoms with van der Waals surface area (Å²) in [5.41, 5.74) is 4.49. The lowest BCUT2D eigenvalue weighted by Gasteiger charge is -2.21. The van der Waals surface area contributed by atoms with Crippen LogP contribution < -0.4 is 11.7 Å². The van der Waals surface area contributed by atoms with Gasteiger partial charge in [0.05, 0.1) is 31.6 Å². The van der Waals surface area contributed by atoms with E-state index in [9.17, 15) is 9.90 Å². The number of hydrogen-bond donors (Lipinski definition) is 3. The molecule has 1 unspecified atom stereocenters. The first-order valence-corrected chi connectivity index (χ1v) is 8.59. The van der Waals surface area contributed by atoms with Crippen molar-refractivity contribution >= 4 is 18.4 Å². The van der Waals surface area contributed by atoms with Gasteiger partial charge in [0.1, 0.15) is 0 Å². The second-order valence-electron chi connectivity index (χ2n) is 5.96. The fourth-order valence-corrected chi connectivity index (χ4v) is 2.93. The molecule has 0 amide bonds. The highest BCUT2D eigenvalue weighted by molar-refractivity contribution is 5.82. The topological polar surface area (TPSA) is 123 Å². The van der Waals surface area contributed by atoms with Crippen molar-refractivity contribution in [1.29, 1.82) is 0 Å². The van der Waals surface area contributed by atoms with Crippen LogP contribution in [0.2, 0.25) is 0 Å². The Kier molecular flexibility index (Phi) is 7.51. The Balaban J connectivity index is 2.25. The molecule has 0 fully saturated rings. The van der Waals surface area contributed by atoms with Crippen molar-refractivity contribution in [3.05, 3.63) is 70.3 Å². The van der Waals surface area contributed by atoms with Gasteiger partial charge in [0.25, 0.3) is 0 Å². The largest absolute Gasteiger partial charge is 0.481 e. The van der Waals surface area contributed by atoms with Crippen LogP contribution in [0, 0.1) is 0 Å². The maximum atomic E-state index is 11.4. The summed E-state index contributed by atoms with van der Waals surface area (Å²) in [6.07, 6.45) is 3.13. The third kappa shape index (κ3) is 5.65. The molecule has 27 heavy (non-hydrogen) atoms. The molecule has 0 aliphatic heterocycles. The molecule has 0 spiro atoms. The third-order valence-electron chi connectivity index (χ3n) is 4.18. The van der Waals surface area contributed by atoms with Gasteiger partial charge in [-0.3, -0.25) is 4.79 Å². The van der Waals surface area contributed by atoms with Crippen LogP contribution in [0.15, 0.2) is 52.7 Å². The summed E-state index contributed by atoms with van der Waals surface area (Å²) in [4.78, 5) is 11.4. The Morgan fingerprint density at radius 3 is 2.44 bits per heavy atom. The second-order valence-corrected chi connectivity index (χ2v) is 5.96. The first kappa shape index (κ1) is 20.1. The van der Waals surface area contributed by atoms with Crippen molar-refractivity contribution in [3.8, 4) is 0 Å². The number of hydrazone groups is 2. The number of aliphatic carboxylic acids is 1. The highest BCUT2D eigenvalue weighted by Crippen LogP contribution is 2.28. The average molecular weight is 368 g/mol. The van der Waals surface area contributed by atoms with Crippen LogP contribution in [0.3, 0.4) is 0 Å². The molecule has 0 aliphatic rings. The minimum atomic E-state index is -0.922. The van der Waals surface area contributed by atoms with Crippen LogP contribution in [-0.4, -0.2) is 23.5 Å². The van der Waals surface area contributed by atoms with Gasteiger partial charge in [-0.05, 0) is 34.2 Å². The van der Waals surface area contributed by atoms with E-state index < -0.39 is 12.1 Å². The number of carbonyl (C=O) groups is 1. The fourth-order valence-electron chi connectivity index (χ4n) is 2.93. The first-order valence-electron chi connectivity index (χ1n) is 8.59. The minimum absolute atomic E-state index is 0.131. The molecule has 0 aromatic heterocycles. The third-order valence-corrected chi connectivity index (χ3v) is 4.18. The molecule has 7 heteroatoms. The van der Waals surface area contributed by atoms with Crippen LogP contribution in [0.1, 0.15) is 47.3 Å². The Morgan fingerprint density at radius 1 is 1.15 bits per heavy atom. The van der Waals surface area contributed by atoms with E-state index in [1.54, 1.807) is 12.4 Å². The number of benzene rings is 2. The Bertz CT molecular complexity index is 816. The van der Waals surface area contributed by atoms with E-state index in [2.05, 4.69) is 10.2 Å². The van der Waals surface area contributed by atoms with Crippen LogP contribution in [0.25, 0.3) is 0 Å². The molecule has 0 bridgehead atoms. The van der Waals surface area contributed by atoms with E-state index in [4.69, 9.17) is 16.4 Å². The summed E-state index contributed by atoms with van der Waals surface area (Å²) >= 11 is 0. The summed E-state index contributed by atoms with van der Waals surface area (Å²) in [6.45, 7) is 2.29. The highest BCUT2D eigenvalue weighted by Gasteiger charge is 2.20. The van der Waals surface area contributed by atoms with Gasteiger partial charge in [0.2, 0.25) is 0 Å². The summed E-state index contributed by atoms with van der Waals surface area (Å²) in [5.74, 6) is 9.51. The molecule has 0 saturated heterocycles. The maximum Gasteiger partial charge on any atom is 0.306 e. The van der Waals surface area contributed by atoms with Crippen molar-refractivity contribution in [2.24, 2.45) is 21.9 Å². The van der Waals surface area contributed by atoms with Gasteiger partial charge in [-0.1, -0.05) is 49.4 Å². The lowest BCUT2D eigenvalue weighted by molar-refractivity contribution is -0.140. The summed E-state index contributed by atoms with van der Waals surface area (Å²) in [7, 11) is 0.